The number of nitrogens with zero attached hydrogens (tertiary/aromatic N) is 2. The molecule has 0 aliphatic carbocycles. The van der Waals surface area contributed by atoms with Crippen molar-refractivity contribution in [3.63, 3.8) is 0 Å². The van der Waals surface area contributed by atoms with Crippen molar-refractivity contribution >= 4 is 22.9 Å². The van der Waals surface area contributed by atoms with Crippen LogP contribution >= 0.6 is 0 Å². The molecule has 1 aliphatic heterocycles. The zero-order valence-corrected chi connectivity index (χ0v) is 20.1. The second-order valence-electron chi connectivity index (χ2n) is 8.82. The molecule has 1 amide bonds. The van der Waals surface area contributed by atoms with Gasteiger partial charge in [0.1, 0.15) is 5.82 Å². The summed E-state index contributed by atoms with van der Waals surface area (Å²) in [4.78, 5) is 30.9. The van der Waals surface area contributed by atoms with Gasteiger partial charge >= 0.3 is 12.1 Å². The number of alkyl halides is 3. The highest BCUT2D eigenvalue weighted by atomic mass is 19.4. The Balaban J connectivity index is 0.000000426. The summed E-state index contributed by atoms with van der Waals surface area (Å²) in [6.45, 7) is 3.45. The average molecular weight is 527 g/mol. The number of nitrogens with one attached hydrogen (secondary N) is 2. The van der Waals surface area contributed by atoms with Gasteiger partial charge in [-0.2, -0.15) is 13.2 Å². The van der Waals surface area contributed by atoms with Crippen molar-refractivity contribution in [1.29, 1.82) is 0 Å². The molecule has 2 heterocycles. The third-order valence-corrected chi connectivity index (χ3v) is 6.14. The van der Waals surface area contributed by atoms with E-state index in [1.807, 2.05) is 12.1 Å². The monoisotopic (exact) mass is 526 g/mol. The number of carbonyl (C=O) groups is 2. The van der Waals surface area contributed by atoms with Gasteiger partial charge in [0.2, 0.25) is 0 Å². The van der Waals surface area contributed by atoms with Crippen LogP contribution in [0, 0.1) is 0 Å². The normalized spacial score (nSPS) is 13.7. The Morgan fingerprint density at radius 1 is 0.921 bits per heavy atom. The number of aromatic nitrogens is 2. The van der Waals surface area contributed by atoms with Gasteiger partial charge in [-0.3, -0.25) is 14.9 Å². The Kier molecular flexibility index (Phi) is 8.08. The van der Waals surface area contributed by atoms with Crippen LogP contribution in [-0.2, 0) is 11.3 Å². The van der Waals surface area contributed by atoms with Crippen LogP contribution < -0.4 is 5.48 Å². The molecule has 0 bridgehead atoms. The zero-order valence-electron chi connectivity index (χ0n) is 20.1. The molecule has 1 fully saturated rings. The molecule has 0 saturated carbocycles. The van der Waals surface area contributed by atoms with E-state index in [4.69, 9.17) is 15.1 Å². The molecular formula is C27H25F3N4O4. The van der Waals surface area contributed by atoms with Crippen LogP contribution in [0.15, 0.2) is 66.7 Å². The minimum Gasteiger partial charge on any atom is -0.475 e. The van der Waals surface area contributed by atoms with E-state index in [0.29, 0.717) is 5.56 Å². The van der Waals surface area contributed by atoms with Crippen molar-refractivity contribution in [3.8, 4) is 22.5 Å². The Labute approximate surface area is 215 Å². The third kappa shape index (κ3) is 6.55. The summed E-state index contributed by atoms with van der Waals surface area (Å²) in [5.74, 6) is -2.56. The molecule has 198 valence electrons. The first kappa shape index (κ1) is 26.8. The highest BCUT2D eigenvalue weighted by Crippen LogP contribution is 2.26. The first-order valence-corrected chi connectivity index (χ1v) is 11.8. The van der Waals surface area contributed by atoms with Crippen molar-refractivity contribution in [2.45, 2.75) is 25.6 Å². The number of benzene rings is 3. The van der Waals surface area contributed by atoms with Gasteiger partial charge in [-0.05, 0) is 60.8 Å². The molecule has 4 aromatic rings. The molecule has 8 nitrogen and oxygen atoms in total. The molecule has 1 saturated heterocycles. The van der Waals surface area contributed by atoms with Crippen LogP contribution in [0.25, 0.3) is 33.5 Å². The fourth-order valence-electron chi connectivity index (χ4n) is 4.17. The Bertz CT molecular complexity index is 1410. The summed E-state index contributed by atoms with van der Waals surface area (Å²) < 4.78 is 31.7. The maximum Gasteiger partial charge on any atom is 0.490 e. The van der Waals surface area contributed by atoms with E-state index in [2.05, 4.69) is 51.3 Å². The zero-order chi connectivity index (χ0) is 27.3. The molecule has 5 rings (SSSR count). The van der Waals surface area contributed by atoms with E-state index >= 15 is 0 Å². The van der Waals surface area contributed by atoms with Crippen molar-refractivity contribution < 1.29 is 33.1 Å². The number of carboxylic acids is 1. The predicted molar refractivity (Wildman–Crippen MR) is 134 cm³/mol. The molecule has 0 atom stereocenters. The van der Waals surface area contributed by atoms with E-state index < -0.39 is 18.1 Å². The molecule has 4 N–H and O–H groups in total. The van der Waals surface area contributed by atoms with Crippen molar-refractivity contribution in [2.75, 3.05) is 13.1 Å². The number of likely N-dealkylation sites (tertiary alicyclic amines) is 1. The first-order chi connectivity index (χ1) is 18.1. The highest BCUT2D eigenvalue weighted by molar-refractivity contribution is 5.97. The molecule has 0 spiro atoms. The van der Waals surface area contributed by atoms with Crippen molar-refractivity contribution in [1.82, 2.24) is 20.3 Å². The fourth-order valence-corrected chi connectivity index (χ4v) is 4.17. The Hall–Kier alpha value is -4.22. The fraction of sp³-hybridized carbons (Fsp3) is 0.222. The number of amides is 1. The summed E-state index contributed by atoms with van der Waals surface area (Å²) in [5.41, 5.74) is 8.22. The second kappa shape index (κ2) is 11.4. The number of halogens is 3. The molecule has 1 aliphatic rings. The highest BCUT2D eigenvalue weighted by Gasteiger charge is 2.38. The number of aromatic amines is 1. The number of aliphatic carboxylic acids is 1. The maximum absolute atomic E-state index is 11.6. The SMILES string of the molecule is O=C(NO)c1ccc2nc(-c3ccc(-c4ccc(CN5CCCC5)cc4)cc3)[nH]c2c1.O=C(O)C(F)(F)F. The minimum absolute atomic E-state index is 0.369. The Morgan fingerprint density at radius 3 is 2.03 bits per heavy atom. The van der Waals surface area contributed by atoms with Crippen molar-refractivity contribution in [3.05, 3.63) is 77.9 Å². The third-order valence-electron chi connectivity index (χ3n) is 6.14. The number of carbonyl (C=O) groups excluding carboxylic acids is 1. The van der Waals surface area contributed by atoms with Crippen LogP contribution in [0.5, 0.6) is 0 Å². The Morgan fingerprint density at radius 2 is 1.47 bits per heavy atom. The number of fused-ring (bicyclic) bond motifs is 1. The number of hydrogen-bond donors (Lipinski definition) is 4. The van der Waals surface area contributed by atoms with E-state index in [1.54, 1.807) is 23.7 Å². The molecule has 0 unspecified atom stereocenters. The van der Waals surface area contributed by atoms with Gasteiger partial charge in [0.25, 0.3) is 5.91 Å². The smallest absolute Gasteiger partial charge is 0.475 e. The lowest BCUT2D eigenvalue weighted by atomic mass is 10.0. The summed E-state index contributed by atoms with van der Waals surface area (Å²) in [5, 5.41) is 15.9. The summed E-state index contributed by atoms with van der Waals surface area (Å²) in [6.07, 6.45) is -2.45. The molecule has 0 radical (unpaired) electrons. The number of carboxylic acid groups (broad SMARTS) is 1. The summed E-state index contributed by atoms with van der Waals surface area (Å²) >= 11 is 0. The lowest BCUT2D eigenvalue weighted by molar-refractivity contribution is -0.192. The molecule has 3 aromatic carbocycles. The van der Waals surface area contributed by atoms with E-state index in [1.165, 1.54) is 37.1 Å². The van der Waals surface area contributed by atoms with Crippen LogP contribution in [0.3, 0.4) is 0 Å². The van der Waals surface area contributed by atoms with E-state index in [0.717, 1.165) is 34.5 Å². The van der Waals surface area contributed by atoms with Gasteiger partial charge in [-0.15, -0.1) is 0 Å². The van der Waals surface area contributed by atoms with Gasteiger partial charge in [-0.1, -0.05) is 48.5 Å². The van der Waals surface area contributed by atoms with Gasteiger partial charge < -0.3 is 10.1 Å². The lowest BCUT2D eigenvalue weighted by Crippen LogP contribution is -2.21. The number of hydrogen-bond acceptors (Lipinski definition) is 5. The van der Waals surface area contributed by atoms with E-state index in [9.17, 15) is 18.0 Å². The molecule has 11 heteroatoms. The molecule has 1 aromatic heterocycles. The van der Waals surface area contributed by atoms with Crippen LogP contribution in [0.4, 0.5) is 13.2 Å². The lowest BCUT2D eigenvalue weighted by Gasteiger charge is -2.14. The first-order valence-electron chi connectivity index (χ1n) is 11.8. The largest absolute Gasteiger partial charge is 0.490 e. The number of imidazole rings is 1. The van der Waals surface area contributed by atoms with E-state index in [-0.39, 0.29) is 0 Å². The number of H-pyrrole nitrogens is 1. The van der Waals surface area contributed by atoms with Gasteiger partial charge in [0, 0.05) is 17.7 Å². The van der Waals surface area contributed by atoms with Crippen molar-refractivity contribution in [2.24, 2.45) is 0 Å². The number of rotatable bonds is 5. The predicted octanol–water partition coefficient (Wildman–Crippen LogP) is 5.25. The summed E-state index contributed by atoms with van der Waals surface area (Å²) in [6, 6.07) is 22.2. The minimum atomic E-state index is -5.08. The van der Waals surface area contributed by atoms with Gasteiger partial charge in [0.15, 0.2) is 0 Å². The quantitative estimate of drug-likeness (QED) is 0.209. The van der Waals surface area contributed by atoms with Gasteiger partial charge in [-0.25, -0.2) is 15.3 Å². The topological polar surface area (TPSA) is 119 Å². The maximum atomic E-state index is 11.6. The number of hydroxylamine groups is 1. The van der Waals surface area contributed by atoms with Crippen LogP contribution in [0.2, 0.25) is 0 Å². The van der Waals surface area contributed by atoms with Gasteiger partial charge in [0.05, 0.1) is 11.0 Å². The van der Waals surface area contributed by atoms with Crippen LogP contribution in [0.1, 0.15) is 28.8 Å². The average Bonchev–Trinajstić information content (AvgIpc) is 3.58. The van der Waals surface area contributed by atoms with Crippen LogP contribution in [-0.4, -0.2) is 56.3 Å². The summed E-state index contributed by atoms with van der Waals surface area (Å²) in [7, 11) is 0. The standard InChI is InChI=1S/C25H24N4O2.C2HF3O2/c30-25(28-31)21-11-12-22-23(15-21)27-24(26-22)20-9-7-19(8-10-20)18-5-3-17(4-6-18)16-29-13-1-2-14-29;3-2(4,5)1(6)7/h3-12,15,31H,1-2,13-14,16H2,(H,26,27)(H,28,30);(H,6,7). The molecule has 38 heavy (non-hydrogen) atoms. The molecular weight excluding hydrogens is 501 g/mol. The second-order valence-corrected chi connectivity index (χ2v) is 8.82.